The van der Waals surface area contributed by atoms with Crippen LogP contribution in [-0.4, -0.2) is 16.9 Å². The Bertz CT molecular complexity index is 308. The molecule has 0 spiro atoms. The van der Waals surface area contributed by atoms with Gasteiger partial charge in [-0.1, -0.05) is 6.42 Å². The molecule has 0 aliphatic heterocycles. The molecule has 0 saturated heterocycles. The maximum absolute atomic E-state index is 11.6. The first-order valence-corrected chi connectivity index (χ1v) is 4.80. The van der Waals surface area contributed by atoms with E-state index in [-0.39, 0.29) is 12.2 Å². The topological polar surface area (TPSA) is 54.4 Å². The molecule has 76 valence electrons. The molecule has 3 nitrogen and oxygen atoms in total. The zero-order chi connectivity index (χ0) is 10.6. The number of carbonyl (C=O) groups is 2. The van der Waals surface area contributed by atoms with E-state index in [4.69, 9.17) is 5.11 Å². The van der Waals surface area contributed by atoms with E-state index in [9.17, 15) is 9.59 Å². The number of hydrogen-bond donors (Lipinski definition) is 1. The summed E-state index contributed by atoms with van der Waals surface area (Å²) in [4.78, 5) is 22.7. The van der Waals surface area contributed by atoms with Crippen molar-refractivity contribution in [3.63, 3.8) is 0 Å². The summed E-state index contributed by atoms with van der Waals surface area (Å²) in [6.45, 7) is 1.66. The fraction of sp³-hybridized carbons (Fsp3) is 0.636. The summed E-state index contributed by atoms with van der Waals surface area (Å²) in [5.41, 5.74) is -1.21. The number of carbonyl (C=O) groups excluding carboxylic acids is 1. The fourth-order valence-electron chi connectivity index (χ4n) is 1.82. The number of aliphatic carboxylic acids is 1. The number of hydrogen-bond acceptors (Lipinski definition) is 2. The quantitative estimate of drug-likeness (QED) is 0.536. The normalized spacial score (nSPS) is 26.5. The molecule has 1 aliphatic rings. The van der Waals surface area contributed by atoms with Crippen molar-refractivity contribution in [3.05, 3.63) is 0 Å². The Morgan fingerprint density at radius 3 is 2.79 bits per heavy atom. The van der Waals surface area contributed by atoms with Crippen molar-refractivity contribution >= 4 is 11.8 Å². The molecule has 0 aromatic carbocycles. The summed E-state index contributed by atoms with van der Waals surface area (Å²) in [6, 6.07) is 0. The van der Waals surface area contributed by atoms with Crippen LogP contribution in [0.1, 0.15) is 39.0 Å². The third kappa shape index (κ3) is 1.79. The van der Waals surface area contributed by atoms with Crippen molar-refractivity contribution in [2.45, 2.75) is 39.0 Å². The number of ketones is 1. The van der Waals surface area contributed by atoms with Gasteiger partial charge in [0, 0.05) is 12.8 Å². The fourth-order valence-corrected chi connectivity index (χ4v) is 1.82. The number of carboxylic acids is 1. The highest BCUT2D eigenvalue weighted by atomic mass is 16.4. The highest BCUT2D eigenvalue weighted by Gasteiger charge is 2.46. The minimum absolute atomic E-state index is 0.154. The molecule has 0 heterocycles. The first-order valence-electron chi connectivity index (χ1n) is 4.80. The van der Waals surface area contributed by atoms with Gasteiger partial charge >= 0.3 is 5.97 Å². The first kappa shape index (κ1) is 10.8. The SMILES string of the molecule is CC#CCC1(C(=O)O)CCCCC1=O. The van der Waals surface area contributed by atoms with Crippen molar-refractivity contribution in [3.8, 4) is 11.8 Å². The Kier molecular flexibility index (Phi) is 3.29. The third-order valence-corrected chi connectivity index (χ3v) is 2.77. The molecule has 1 N–H and O–H groups in total. The van der Waals surface area contributed by atoms with E-state index in [0.29, 0.717) is 12.8 Å². The molecule has 14 heavy (non-hydrogen) atoms. The van der Waals surface area contributed by atoms with Gasteiger partial charge in [-0.2, -0.15) is 0 Å². The van der Waals surface area contributed by atoms with E-state index in [1.165, 1.54) is 0 Å². The molecule has 0 radical (unpaired) electrons. The van der Waals surface area contributed by atoms with Crippen LogP contribution < -0.4 is 0 Å². The molecular weight excluding hydrogens is 180 g/mol. The smallest absolute Gasteiger partial charge is 0.318 e. The van der Waals surface area contributed by atoms with Gasteiger partial charge in [0.2, 0.25) is 0 Å². The van der Waals surface area contributed by atoms with Gasteiger partial charge in [0.15, 0.2) is 5.78 Å². The lowest BCUT2D eigenvalue weighted by atomic mass is 9.71. The molecule has 1 aliphatic carbocycles. The lowest BCUT2D eigenvalue weighted by Crippen LogP contribution is -2.41. The molecule has 0 amide bonds. The van der Waals surface area contributed by atoms with E-state index in [1.807, 2.05) is 0 Å². The summed E-state index contributed by atoms with van der Waals surface area (Å²) in [5, 5.41) is 9.10. The molecule has 0 aromatic rings. The minimum Gasteiger partial charge on any atom is -0.480 e. The van der Waals surface area contributed by atoms with Gasteiger partial charge in [0.25, 0.3) is 0 Å². The van der Waals surface area contributed by atoms with Crippen molar-refractivity contribution in [2.24, 2.45) is 5.41 Å². The summed E-state index contributed by atoms with van der Waals surface area (Å²) < 4.78 is 0. The van der Waals surface area contributed by atoms with Crippen LogP contribution in [-0.2, 0) is 9.59 Å². The van der Waals surface area contributed by atoms with Gasteiger partial charge in [-0.3, -0.25) is 9.59 Å². The van der Waals surface area contributed by atoms with Gasteiger partial charge in [-0.05, 0) is 19.8 Å². The maximum Gasteiger partial charge on any atom is 0.318 e. The number of Topliss-reactive ketones (excluding diaryl/α,β-unsaturated/α-hetero) is 1. The summed E-state index contributed by atoms with van der Waals surface area (Å²) in [6.07, 6.45) is 2.61. The molecule has 1 fully saturated rings. The van der Waals surface area contributed by atoms with Crippen LogP contribution in [0.15, 0.2) is 0 Å². The van der Waals surface area contributed by atoms with Crippen LogP contribution in [0, 0.1) is 17.3 Å². The third-order valence-electron chi connectivity index (χ3n) is 2.77. The molecule has 1 saturated carbocycles. The van der Waals surface area contributed by atoms with Gasteiger partial charge in [0.05, 0.1) is 0 Å². The van der Waals surface area contributed by atoms with Crippen molar-refractivity contribution < 1.29 is 14.7 Å². The molecule has 0 aromatic heterocycles. The van der Waals surface area contributed by atoms with Crippen molar-refractivity contribution in [1.82, 2.24) is 0 Å². The molecule has 0 bridgehead atoms. The molecule has 1 atom stereocenters. The lowest BCUT2D eigenvalue weighted by molar-refractivity contribution is -0.156. The molecule has 1 rings (SSSR count). The standard InChI is InChI=1S/C11H14O3/c1-2-3-7-11(10(13)14)8-5-4-6-9(11)12/h4-8H2,1H3,(H,13,14). The van der Waals surface area contributed by atoms with Crippen LogP contribution in [0.3, 0.4) is 0 Å². The van der Waals surface area contributed by atoms with Gasteiger partial charge in [0.1, 0.15) is 5.41 Å². The Balaban J connectivity index is 2.92. The molecule has 1 unspecified atom stereocenters. The monoisotopic (exact) mass is 194 g/mol. The van der Waals surface area contributed by atoms with Crippen molar-refractivity contribution in [2.75, 3.05) is 0 Å². The Morgan fingerprint density at radius 2 is 2.29 bits per heavy atom. The second-order valence-corrected chi connectivity index (χ2v) is 3.62. The van der Waals surface area contributed by atoms with E-state index in [0.717, 1.165) is 12.8 Å². The summed E-state index contributed by atoms with van der Waals surface area (Å²) >= 11 is 0. The number of rotatable bonds is 2. The average Bonchev–Trinajstić information content (AvgIpc) is 2.16. The zero-order valence-electron chi connectivity index (χ0n) is 8.30. The maximum atomic E-state index is 11.6. The second-order valence-electron chi connectivity index (χ2n) is 3.62. The first-order chi connectivity index (χ1) is 6.63. The van der Waals surface area contributed by atoms with Crippen molar-refractivity contribution in [1.29, 1.82) is 0 Å². The van der Waals surface area contributed by atoms with E-state index in [1.54, 1.807) is 6.92 Å². The number of carboxylic acid groups (broad SMARTS) is 1. The van der Waals surface area contributed by atoms with Crippen LogP contribution >= 0.6 is 0 Å². The van der Waals surface area contributed by atoms with Gasteiger partial charge < -0.3 is 5.11 Å². The molecule has 3 heteroatoms. The second kappa shape index (κ2) is 4.28. The van der Waals surface area contributed by atoms with Crippen LogP contribution in [0.5, 0.6) is 0 Å². The predicted molar refractivity (Wildman–Crippen MR) is 51.6 cm³/mol. The van der Waals surface area contributed by atoms with E-state index < -0.39 is 11.4 Å². The van der Waals surface area contributed by atoms with Crippen LogP contribution in [0.2, 0.25) is 0 Å². The minimum atomic E-state index is -1.21. The Hall–Kier alpha value is -1.30. The Morgan fingerprint density at radius 1 is 1.57 bits per heavy atom. The highest BCUT2D eigenvalue weighted by Crippen LogP contribution is 2.36. The van der Waals surface area contributed by atoms with Gasteiger partial charge in [-0.15, -0.1) is 11.8 Å². The zero-order valence-corrected chi connectivity index (χ0v) is 8.30. The van der Waals surface area contributed by atoms with Gasteiger partial charge in [-0.25, -0.2) is 0 Å². The summed E-state index contributed by atoms with van der Waals surface area (Å²) in [7, 11) is 0. The Labute approximate surface area is 83.5 Å². The highest BCUT2D eigenvalue weighted by molar-refractivity contribution is 6.03. The lowest BCUT2D eigenvalue weighted by Gasteiger charge is -2.29. The van der Waals surface area contributed by atoms with Crippen LogP contribution in [0.4, 0.5) is 0 Å². The largest absolute Gasteiger partial charge is 0.480 e. The van der Waals surface area contributed by atoms with E-state index >= 15 is 0 Å². The summed E-state index contributed by atoms with van der Waals surface area (Å²) in [5.74, 6) is 4.21. The molecular formula is C11H14O3. The van der Waals surface area contributed by atoms with Crippen LogP contribution in [0.25, 0.3) is 0 Å². The average molecular weight is 194 g/mol. The van der Waals surface area contributed by atoms with E-state index in [2.05, 4.69) is 11.8 Å². The predicted octanol–water partition coefficient (Wildman–Crippen LogP) is 1.61.